The van der Waals surface area contributed by atoms with Crippen molar-refractivity contribution in [2.24, 2.45) is 0 Å². The van der Waals surface area contributed by atoms with Crippen LogP contribution in [-0.4, -0.2) is 26.2 Å². The monoisotopic (exact) mass is 243 g/mol. The van der Waals surface area contributed by atoms with Gasteiger partial charge >= 0.3 is 0 Å². The number of rotatable bonds is 5. The second-order valence-corrected chi connectivity index (χ2v) is 5.71. The van der Waals surface area contributed by atoms with E-state index in [4.69, 9.17) is 5.73 Å². The summed E-state index contributed by atoms with van der Waals surface area (Å²) in [5, 5.41) is 0. The molecule has 1 aromatic rings. The van der Waals surface area contributed by atoms with Crippen LogP contribution < -0.4 is 10.0 Å². The highest BCUT2D eigenvalue weighted by atomic mass is 32.2. The van der Waals surface area contributed by atoms with E-state index in [-0.39, 0.29) is 5.75 Å². The number of sulfonamides is 1. The maximum atomic E-state index is 11.8. The van der Waals surface area contributed by atoms with Crippen LogP contribution in [0, 0.1) is 0 Å². The number of nitrogens with zero attached hydrogens (tertiary/aromatic N) is 2. The Morgan fingerprint density at radius 1 is 1.44 bits per heavy atom. The van der Waals surface area contributed by atoms with Crippen molar-refractivity contribution in [1.82, 2.24) is 4.98 Å². The zero-order valence-electron chi connectivity index (χ0n) is 9.55. The zero-order chi connectivity index (χ0) is 12.2. The highest BCUT2D eigenvalue weighted by Crippen LogP contribution is 2.15. The minimum Gasteiger partial charge on any atom is -0.397 e. The molecule has 90 valence electrons. The molecule has 0 aromatic carbocycles. The largest absolute Gasteiger partial charge is 0.397 e. The lowest BCUT2D eigenvalue weighted by atomic mass is 10.4. The summed E-state index contributed by atoms with van der Waals surface area (Å²) >= 11 is 0. The van der Waals surface area contributed by atoms with Crippen LogP contribution in [0.1, 0.15) is 19.8 Å². The minimum atomic E-state index is -3.26. The molecule has 0 saturated carbocycles. The third kappa shape index (κ3) is 3.10. The van der Waals surface area contributed by atoms with Gasteiger partial charge in [0.25, 0.3) is 0 Å². The van der Waals surface area contributed by atoms with Gasteiger partial charge in [-0.3, -0.25) is 4.31 Å². The molecule has 1 rings (SSSR count). The maximum Gasteiger partial charge on any atom is 0.236 e. The van der Waals surface area contributed by atoms with Crippen molar-refractivity contribution < 1.29 is 8.42 Å². The standard InChI is InChI=1S/C10H17N3O2S/c1-3-4-7-16(14,15)13(2)10-6-5-9(11)8-12-10/h5-6,8H,3-4,7,11H2,1-2H3. The van der Waals surface area contributed by atoms with Gasteiger partial charge in [0, 0.05) is 7.05 Å². The van der Waals surface area contributed by atoms with Gasteiger partial charge < -0.3 is 5.73 Å². The molecule has 0 aliphatic rings. The fraction of sp³-hybridized carbons (Fsp3) is 0.500. The Hall–Kier alpha value is -1.30. The van der Waals surface area contributed by atoms with E-state index in [2.05, 4.69) is 4.98 Å². The Kier molecular flexibility index (Phi) is 4.12. The van der Waals surface area contributed by atoms with Crippen LogP contribution in [0.15, 0.2) is 18.3 Å². The third-order valence-electron chi connectivity index (χ3n) is 2.27. The van der Waals surface area contributed by atoms with Gasteiger partial charge in [-0.1, -0.05) is 13.3 Å². The van der Waals surface area contributed by atoms with Crippen molar-refractivity contribution in [2.45, 2.75) is 19.8 Å². The molecule has 0 aliphatic heterocycles. The Balaban J connectivity index is 2.84. The molecule has 5 nitrogen and oxygen atoms in total. The lowest BCUT2D eigenvalue weighted by Crippen LogP contribution is -2.29. The van der Waals surface area contributed by atoms with Crippen molar-refractivity contribution in [3.63, 3.8) is 0 Å². The molecule has 6 heteroatoms. The van der Waals surface area contributed by atoms with Gasteiger partial charge in [0.2, 0.25) is 10.0 Å². The molecule has 0 bridgehead atoms. The second kappa shape index (κ2) is 5.16. The highest BCUT2D eigenvalue weighted by molar-refractivity contribution is 7.92. The van der Waals surface area contributed by atoms with Crippen molar-refractivity contribution in [2.75, 3.05) is 22.8 Å². The Labute approximate surface area is 96.3 Å². The lowest BCUT2D eigenvalue weighted by molar-refractivity contribution is 0.590. The van der Waals surface area contributed by atoms with E-state index in [0.29, 0.717) is 17.9 Å². The van der Waals surface area contributed by atoms with Crippen LogP contribution in [0.3, 0.4) is 0 Å². The van der Waals surface area contributed by atoms with Gasteiger partial charge in [0.05, 0.1) is 17.6 Å². The summed E-state index contributed by atoms with van der Waals surface area (Å²) in [5.74, 6) is 0.539. The van der Waals surface area contributed by atoms with E-state index >= 15 is 0 Å². The van der Waals surface area contributed by atoms with Crippen LogP contribution >= 0.6 is 0 Å². The Bertz CT molecular complexity index is 428. The number of anilines is 2. The van der Waals surface area contributed by atoms with Crippen molar-refractivity contribution in [3.05, 3.63) is 18.3 Å². The molecule has 0 aliphatic carbocycles. The molecule has 0 fully saturated rings. The van der Waals surface area contributed by atoms with E-state index < -0.39 is 10.0 Å². The molecule has 16 heavy (non-hydrogen) atoms. The Morgan fingerprint density at radius 3 is 2.62 bits per heavy atom. The lowest BCUT2D eigenvalue weighted by Gasteiger charge is -2.18. The first-order valence-electron chi connectivity index (χ1n) is 5.15. The first kappa shape index (κ1) is 12.8. The molecule has 0 radical (unpaired) electrons. The first-order chi connectivity index (χ1) is 7.47. The fourth-order valence-corrected chi connectivity index (χ4v) is 2.51. The summed E-state index contributed by atoms with van der Waals surface area (Å²) < 4.78 is 24.9. The average molecular weight is 243 g/mol. The molecule has 0 saturated heterocycles. The van der Waals surface area contributed by atoms with Gasteiger partial charge in [0.15, 0.2) is 0 Å². The number of pyridine rings is 1. The molecule has 0 unspecified atom stereocenters. The highest BCUT2D eigenvalue weighted by Gasteiger charge is 2.18. The topological polar surface area (TPSA) is 76.3 Å². The number of unbranched alkanes of at least 4 members (excludes halogenated alkanes) is 1. The van der Waals surface area contributed by atoms with Crippen molar-refractivity contribution >= 4 is 21.5 Å². The van der Waals surface area contributed by atoms with E-state index in [1.165, 1.54) is 17.5 Å². The number of aromatic nitrogens is 1. The van der Waals surface area contributed by atoms with Gasteiger partial charge in [-0.25, -0.2) is 13.4 Å². The van der Waals surface area contributed by atoms with E-state index in [9.17, 15) is 8.42 Å². The molecule has 1 heterocycles. The molecule has 0 atom stereocenters. The summed E-state index contributed by atoms with van der Waals surface area (Å²) in [6, 6.07) is 3.23. The van der Waals surface area contributed by atoms with Gasteiger partial charge in [0.1, 0.15) is 5.82 Å². The van der Waals surface area contributed by atoms with Gasteiger partial charge in [-0.2, -0.15) is 0 Å². The SMILES string of the molecule is CCCCS(=O)(=O)N(C)c1ccc(N)cn1. The average Bonchev–Trinajstić information content (AvgIpc) is 2.26. The predicted octanol–water partition coefficient (Wildman–Crippen LogP) is 1.23. The van der Waals surface area contributed by atoms with E-state index in [0.717, 1.165) is 6.42 Å². The van der Waals surface area contributed by atoms with Crippen molar-refractivity contribution in [3.8, 4) is 0 Å². The maximum absolute atomic E-state index is 11.8. The molecule has 0 spiro atoms. The number of hydrogen-bond acceptors (Lipinski definition) is 4. The van der Waals surface area contributed by atoms with Crippen LogP contribution in [0.25, 0.3) is 0 Å². The van der Waals surface area contributed by atoms with E-state index in [1.807, 2.05) is 6.92 Å². The normalized spacial score (nSPS) is 11.4. The van der Waals surface area contributed by atoms with Crippen LogP contribution in [0.4, 0.5) is 11.5 Å². The third-order valence-corrected chi connectivity index (χ3v) is 4.09. The minimum absolute atomic E-state index is 0.145. The van der Waals surface area contributed by atoms with E-state index in [1.54, 1.807) is 12.1 Å². The summed E-state index contributed by atoms with van der Waals surface area (Å²) in [6.45, 7) is 1.96. The smallest absolute Gasteiger partial charge is 0.236 e. The Morgan fingerprint density at radius 2 is 2.12 bits per heavy atom. The predicted molar refractivity (Wildman–Crippen MR) is 65.7 cm³/mol. The van der Waals surface area contributed by atoms with Gasteiger partial charge in [-0.05, 0) is 18.6 Å². The zero-order valence-corrected chi connectivity index (χ0v) is 10.4. The summed E-state index contributed by atoms with van der Waals surface area (Å²) in [7, 11) is -1.75. The van der Waals surface area contributed by atoms with Crippen molar-refractivity contribution in [1.29, 1.82) is 0 Å². The molecule has 1 aromatic heterocycles. The molecular formula is C10H17N3O2S. The molecule has 0 amide bonds. The number of hydrogen-bond donors (Lipinski definition) is 1. The summed E-state index contributed by atoms with van der Waals surface area (Å²) in [5.41, 5.74) is 6.00. The van der Waals surface area contributed by atoms with Gasteiger partial charge in [-0.15, -0.1) is 0 Å². The van der Waals surface area contributed by atoms with Crippen LogP contribution in [0.2, 0.25) is 0 Å². The number of nitrogen functional groups attached to an aromatic ring is 1. The van der Waals surface area contributed by atoms with Crippen LogP contribution in [0.5, 0.6) is 0 Å². The molecule has 2 N–H and O–H groups in total. The van der Waals surface area contributed by atoms with Crippen LogP contribution in [-0.2, 0) is 10.0 Å². The quantitative estimate of drug-likeness (QED) is 0.844. The molecular weight excluding hydrogens is 226 g/mol. The summed E-state index contributed by atoms with van der Waals surface area (Å²) in [6.07, 6.45) is 2.95. The number of nitrogens with two attached hydrogens (primary N) is 1. The first-order valence-corrected chi connectivity index (χ1v) is 6.76. The second-order valence-electron chi connectivity index (χ2n) is 3.59. The summed E-state index contributed by atoms with van der Waals surface area (Å²) in [4.78, 5) is 3.97. The fourth-order valence-electron chi connectivity index (χ4n) is 1.19.